The number of methoxy groups -OCH3 is 1. The highest BCUT2D eigenvalue weighted by Gasteiger charge is 2.29. The fraction of sp³-hybridized carbons (Fsp3) is 0.667. The minimum atomic E-state index is 0.383. The topological polar surface area (TPSA) is 37.4 Å². The minimum absolute atomic E-state index is 0.383. The summed E-state index contributed by atoms with van der Waals surface area (Å²) in [5, 5.41) is 3.66. The van der Waals surface area contributed by atoms with Crippen LogP contribution >= 0.6 is 11.8 Å². The standard InChI is InChI=1S/C15H25N3OS/c1-15(2)8-11(9-20-10-15)17-13-12(18(3)4)6-7-16-14(13)19-5/h6-7,11,17H,8-10H2,1-5H3. The van der Waals surface area contributed by atoms with Crippen molar-refractivity contribution in [3.8, 4) is 5.88 Å². The Kier molecular flexibility index (Phi) is 4.68. The first kappa shape index (κ1) is 15.3. The zero-order chi connectivity index (χ0) is 14.8. The first-order valence-electron chi connectivity index (χ1n) is 6.97. The predicted molar refractivity (Wildman–Crippen MR) is 88.2 cm³/mol. The number of hydrogen-bond donors (Lipinski definition) is 1. The van der Waals surface area contributed by atoms with Gasteiger partial charge in [-0.25, -0.2) is 4.98 Å². The van der Waals surface area contributed by atoms with Gasteiger partial charge in [0.15, 0.2) is 0 Å². The van der Waals surface area contributed by atoms with Gasteiger partial charge in [-0.3, -0.25) is 0 Å². The van der Waals surface area contributed by atoms with Gasteiger partial charge >= 0.3 is 0 Å². The first-order chi connectivity index (χ1) is 9.43. The van der Waals surface area contributed by atoms with Crippen molar-refractivity contribution in [1.82, 2.24) is 4.98 Å². The highest BCUT2D eigenvalue weighted by atomic mass is 32.2. The lowest BCUT2D eigenvalue weighted by molar-refractivity contribution is 0.356. The van der Waals surface area contributed by atoms with E-state index in [4.69, 9.17) is 4.74 Å². The number of nitrogens with one attached hydrogen (secondary N) is 1. The lowest BCUT2D eigenvalue weighted by Gasteiger charge is -2.36. The highest BCUT2D eigenvalue weighted by molar-refractivity contribution is 7.99. The van der Waals surface area contributed by atoms with Crippen molar-refractivity contribution in [2.75, 3.05) is 42.9 Å². The number of thioether (sulfide) groups is 1. The van der Waals surface area contributed by atoms with Crippen molar-refractivity contribution >= 4 is 23.1 Å². The average molecular weight is 295 g/mol. The second-order valence-electron chi connectivity index (χ2n) is 6.33. The molecule has 1 aliphatic heterocycles. The highest BCUT2D eigenvalue weighted by Crippen LogP contribution is 2.38. The van der Waals surface area contributed by atoms with Crippen LogP contribution in [0.2, 0.25) is 0 Å². The van der Waals surface area contributed by atoms with Crippen molar-refractivity contribution in [2.24, 2.45) is 5.41 Å². The molecule has 0 bridgehead atoms. The Morgan fingerprint density at radius 3 is 2.80 bits per heavy atom. The molecule has 112 valence electrons. The van der Waals surface area contributed by atoms with Crippen molar-refractivity contribution in [2.45, 2.75) is 26.3 Å². The third-order valence-corrected chi connectivity index (χ3v) is 5.15. The summed E-state index contributed by atoms with van der Waals surface area (Å²) < 4.78 is 5.42. The third-order valence-electron chi connectivity index (χ3n) is 3.53. The minimum Gasteiger partial charge on any atom is -0.479 e. The van der Waals surface area contributed by atoms with E-state index in [9.17, 15) is 0 Å². The lowest BCUT2D eigenvalue weighted by atomic mass is 9.88. The van der Waals surface area contributed by atoms with Gasteiger partial charge in [0.05, 0.1) is 12.8 Å². The molecular weight excluding hydrogens is 270 g/mol. The summed E-state index contributed by atoms with van der Waals surface area (Å²) in [6, 6.07) is 2.48. The van der Waals surface area contributed by atoms with Gasteiger partial charge in [-0.1, -0.05) is 13.8 Å². The second kappa shape index (κ2) is 6.12. The van der Waals surface area contributed by atoms with Gasteiger partial charge in [0.25, 0.3) is 0 Å². The monoisotopic (exact) mass is 295 g/mol. The average Bonchev–Trinajstić information content (AvgIpc) is 2.37. The van der Waals surface area contributed by atoms with Gasteiger partial charge in [0.2, 0.25) is 5.88 Å². The summed E-state index contributed by atoms with van der Waals surface area (Å²) in [6.45, 7) is 4.67. The zero-order valence-corrected chi connectivity index (χ0v) is 13.9. The lowest BCUT2D eigenvalue weighted by Crippen LogP contribution is -2.35. The Hall–Kier alpha value is -1.10. The van der Waals surface area contributed by atoms with Crippen LogP contribution in [0.25, 0.3) is 0 Å². The molecule has 0 spiro atoms. The summed E-state index contributed by atoms with van der Waals surface area (Å²) in [6.07, 6.45) is 2.96. The molecule has 1 N–H and O–H groups in total. The molecule has 2 rings (SSSR count). The van der Waals surface area contributed by atoms with Crippen LogP contribution in [-0.2, 0) is 0 Å². The van der Waals surface area contributed by atoms with E-state index >= 15 is 0 Å². The molecule has 1 aromatic heterocycles. The third kappa shape index (κ3) is 3.51. The Labute approximate surface area is 126 Å². The van der Waals surface area contributed by atoms with Crippen LogP contribution in [0.4, 0.5) is 11.4 Å². The molecule has 0 aliphatic carbocycles. The molecule has 4 nitrogen and oxygen atoms in total. The largest absolute Gasteiger partial charge is 0.479 e. The van der Waals surface area contributed by atoms with Crippen molar-refractivity contribution in [3.05, 3.63) is 12.3 Å². The van der Waals surface area contributed by atoms with E-state index in [-0.39, 0.29) is 0 Å². The summed E-state index contributed by atoms with van der Waals surface area (Å²) in [4.78, 5) is 6.41. The van der Waals surface area contributed by atoms with Gasteiger partial charge in [-0.15, -0.1) is 0 Å². The smallest absolute Gasteiger partial charge is 0.239 e. The zero-order valence-electron chi connectivity index (χ0n) is 13.1. The number of aromatic nitrogens is 1. The first-order valence-corrected chi connectivity index (χ1v) is 8.13. The van der Waals surface area contributed by atoms with Gasteiger partial charge in [0.1, 0.15) is 5.69 Å². The predicted octanol–water partition coefficient (Wildman–Crippen LogP) is 3.10. The molecular formula is C15H25N3OS. The van der Waals surface area contributed by atoms with E-state index in [1.54, 1.807) is 13.3 Å². The van der Waals surface area contributed by atoms with Crippen LogP contribution in [0.15, 0.2) is 12.3 Å². The molecule has 5 heteroatoms. The number of nitrogens with zero attached hydrogens (tertiary/aromatic N) is 2. The van der Waals surface area contributed by atoms with Crippen LogP contribution < -0.4 is 15.0 Å². The summed E-state index contributed by atoms with van der Waals surface area (Å²) in [5.41, 5.74) is 2.50. The van der Waals surface area contributed by atoms with Crippen LogP contribution in [0, 0.1) is 5.41 Å². The normalized spacial score (nSPS) is 21.4. The van der Waals surface area contributed by atoms with Gasteiger partial charge in [-0.2, -0.15) is 11.8 Å². The number of rotatable bonds is 4. The maximum atomic E-state index is 5.42. The summed E-state index contributed by atoms with van der Waals surface area (Å²) in [5.74, 6) is 3.04. The quantitative estimate of drug-likeness (QED) is 0.924. The molecule has 20 heavy (non-hydrogen) atoms. The molecule has 1 unspecified atom stereocenters. The fourth-order valence-electron chi connectivity index (χ4n) is 2.66. The van der Waals surface area contributed by atoms with Gasteiger partial charge < -0.3 is 15.0 Å². The molecule has 1 fully saturated rings. The number of pyridine rings is 1. The van der Waals surface area contributed by atoms with Gasteiger partial charge in [0, 0.05) is 32.1 Å². The fourth-order valence-corrected chi connectivity index (χ4v) is 3.93. The van der Waals surface area contributed by atoms with E-state index in [2.05, 4.69) is 29.0 Å². The summed E-state index contributed by atoms with van der Waals surface area (Å²) in [7, 11) is 5.76. The van der Waals surface area contributed by atoms with Crippen molar-refractivity contribution in [1.29, 1.82) is 0 Å². The Balaban J connectivity index is 2.23. The number of anilines is 2. The van der Waals surface area contributed by atoms with Crippen LogP contribution in [0.1, 0.15) is 20.3 Å². The van der Waals surface area contributed by atoms with Gasteiger partial charge in [-0.05, 0) is 23.7 Å². The van der Waals surface area contributed by atoms with E-state index in [0.29, 0.717) is 17.3 Å². The Bertz CT molecular complexity index is 462. The molecule has 1 aliphatic rings. The molecule has 0 saturated carbocycles. The van der Waals surface area contributed by atoms with Crippen molar-refractivity contribution < 1.29 is 4.74 Å². The second-order valence-corrected chi connectivity index (χ2v) is 7.36. The Morgan fingerprint density at radius 1 is 1.45 bits per heavy atom. The van der Waals surface area contributed by atoms with Crippen LogP contribution in [0.3, 0.4) is 0 Å². The molecule has 0 amide bonds. The number of ether oxygens (including phenoxy) is 1. The Morgan fingerprint density at radius 2 is 2.20 bits per heavy atom. The number of hydrogen-bond acceptors (Lipinski definition) is 5. The van der Waals surface area contributed by atoms with E-state index in [1.807, 2.05) is 31.9 Å². The molecule has 0 aromatic carbocycles. The SMILES string of the molecule is COc1nccc(N(C)C)c1NC1CSCC(C)(C)C1. The molecule has 1 aromatic rings. The molecule has 2 heterocycles. The van der Waals surface area contributed by atoms with E-state index in [1.165, 1.54) is 12.2 Å². The maximum absolute atomic E-state index is 5.42. The van der Waals surface area contributed by atoms with E-state index < -0.39 is 0 Å². The molecule has 1 saturated heterocycles. The molecule has 1 atom stereocenters. The van der Waals surface area contributed by atoms with E-state index in [0.717, 1.165) is 17.1 Å². The van der Waals surface area contributed by atoms with Crippen LogP contribution in [0.5, 0.6) is 5.88 Å². The van der Waals surface area contributed by atoms with Crippen LogP contribution in [-0.4, -0.2) is 43.7 Å². The summed E-state index contributed by atoms with van der Waals surface area (Å²) >= 11 is 2.02. The van der Waals surface area contributed by atoms with Crippen molar-refractivity contribution in [3.63, 3.8) is 0 Å². The molecule has 0 radical (unpaired) electrons. The maximum Gasteiger partial charge on any atom is 0.239 e.